The van der Waals surface area contributed by atoms with E-state index in [-0.39, 0.29) is 28.7 Å². The molecule has 2 heterocycles. The largest absolute Gasteiger partial charge is 0.511 e. The van der Waals surface area contributed by atoms with Gasteiger partial charge < -0.3 is 29.4 Å². The van der Waals surface area contributed by atoms with E-state index >= 15 is 4.39 Å². The van der Waals surface area contributed by atoms with Gasteiger partial charge in [-0.1, -0.05) is 0 Å². The Morgan fingerprint density at radius 3 is 2.70 bits per heavy atom. The van der Waals surface area contributed by atoms with E-state index in [2.05, 4.69) is 10.1 Å². The minimum absolute atomic E-state index is 0.00289. The van der Waals surface area contributed by atoms with Gasteiger partial charge >= 0.3 is 12.8 Å². The van der Waals surface area contributed by atoms with Crippen molar-refractivity contribution in [2.24, 2.45) is 0 Å². The molecule has 2 N–H and O–H groups in total. The predicted molar refractivity (Wildman–Crippen MR) is 101 cm³/mol. The summed E-state index contributed by atoms with van der Waals surface area (Å²) in [5.74, 6) is -1.85. The van der Waals surface area contributed by atoms with Gasteiger partial charge in [0.15, 0.2) is 17.3 Å². The Hall–Kier alpha value is -2.95. The van der Waals surface area contributed by atoms with E-state index in [4.69, 9.17) is 9.84 Å². The van der Waals surface area contributed by atoms with Crippen molar-refractivity contribution < 1.29 is 32.5 Å². The SMILES string of the molecule is C[C@H]1CN(c2c(F)cc3c(=O)c(OC(=O)O)cn(C4CC4)c3c2OC(F)F)CCN1. The van der Waals surface area contributed by atoms with E-state index < -0.39 is 35.5 Å². The van der Waals surface area contributed by atoms with Crippen LogP contribution < -0.4 is 25.1 Å². The Labute approximate surface area is 168 Å². The summed E-state index contributed by atoms with van der Waals surface area (Å²) in [5.41, 5.74) is -1.05. The smallest absolute Gasteiger partial charge is 0.449 e. The summed E-state index contributed by atoms with van der Waals surface area (Å²) < 4.78 is 52.6. The quantitative estimate of drug-likeness (QED) is 0.709. The second-order valence-corrected chi connectivity index (χ2v) is 7.44. The number of anilines is 1. The maximum atomic E-state index is 15.2. The standard InChI is InChI=1S/C19H20F3N3O5/c1-9-7-24(5-4-23-9)15-12(20)6-11-14(17(15)30-18(21)22)25(10-2-3-10)8-13(16(11)26)29-19(27)28/h6,8-10,18,23H,2-5,7H2,1H3,(H,27,28)/t9-/m0/s1. The number of halogens is 3. The molecule has 11 heteroatoms. The topological polar surface area (TPSA) is 93.0 Å². The number of nitrogens with zero attached hydrogens (tertiary/aromatic N) is 2. The van der Waals surface area contributed by atoms with Crippen LogP contribution >= 0.6 is 0 Å². The summed E-state index contributed by atoms with van der Waals surface area (Å²) in [6.07, 6.45) is 0.841. The summed E-state index contributed by atoms with van der Waals surface area (Å²) in [6.45, 7) is -0.121. The molecule has 0 unspecified atom stereocenters. The molecule has 0 radical (unpaired) electrons. The Bertz CT molecular complexity index is 1050. The molecule has 1 aromatic heterocycles. The first-order valence-corrected chi connectivity index (χ1v) is 9.51. The molecule has 2 aromatic rings. The lowest BCUT2D eigenvalue weighted by molar-refractivity contribution is -0.0488. The number of alkyl halides is 2. The van der Waals surface area contributed by atoms with Crippen molar-refractivity contribution in [3.63, 3.8) is 0 Å². The van der Waals surface area contributed by atoms with Crippen LogP contribution in [0.1, 0.15) is 25.8 Å². The van der Waals surface area contributed by atoms with Crippen LogP contribution in [0, 0.1) is 5.82 Å². The number of fused-ring (bicyclic) bond motifs is 1. The van der Waals surface area contributed by atoms with E-state index in [0.29, 0.717) is 32.5 Å². The first-order chi connectivity index (χ1) is 14.3. The molecule has 0 bridgehead atoms. The Morgan fingerprint density at radius 1 is 1.37 bits per heavy atom. The molecular formula is C19H20F3N3O5. The second-order valence-electron chi connectivity index (χ2n) is 7.44. The van der Waals surface area contributed by atoms with Gasteiger partial charge in [-0.05, 0) is 25.8 Å². The van der Waals surface area contributed by atoms with Crippen LogP contribution in [0.2, 0.25) is 0 Å². The van der Waals surface area contributed by atoms with Gasteiger partial charge in [0, 0.05) is 31.7 Å². The van der Waals surface area contributed by atoms with E-state index in [1.54, 1.807) is 4.90 Å². The monoisotopic (exact) mass is 427 g/mol. The number of nitrogens with one attached hydrogen (secondary N) is 1. The zero-order chi connectivity index (χ0) is 21.6. The molecule has 162 valence electrons. The highest BCUT2D eigenvalue weighted by Gasteiger charge is 2.33. The average molecular weight is 427 g/mol. The second kappa shape index (κ2) is 7.71. The Balaban J connectivity index is 2.01. The molecule has 2 aliphatic rings. The molecule has 0 spiro atoms. The summed E-state index contributed by atoms with van der Waals surface area (Å²) in [7, 11) is 0. The van der Waals surface area contributed by atoms with E-state index in [0.717, 1.165) is 12.3 Å². The van der Waals surface area contributed by atoms with Crippen molar-refractivity contribution in [1.29, 1.82) is 0 Å². The third-order valence-corrected chi connectivity index (χ3v) is 5.19. The molecule has 8 nitrogen and oxygen atoms in total. The van der Waals surface area contributed by atoms with Gasteiger partial charge in [-0.25, -0.2) is 9.18 Å². The summed E-state index contributed by atoms with van der Waals surface area (Å²) in [6, 6.07) is 0.765. The highest BCUT2D eigenvalue weighted by atomic mass is 19.3. The lowest BCUT2D eigenvalue weighted by Gasteiger charge is -2.35. The van der Waals surface area contributed by atoms with Crippen LogP contribution in [0.5, 0.6) is 11.5 Å². The lowest BCUT2D eigenvalue weighted by atomic mass is 10.1. The zero-order valence-corrected chi connectivity index (χ0v) is 16.0. The molecule has 1 saturated heterocycles. The van der Waals surface area contributed by atoms with Crippen molar-refractivity contribution >= 4 is 22.7 Å². The van der Waals surface area contributed by atoms with Crippen LogP contribution in [0.4, 0.5) is 23.7 Å². The fourth-order valence-electron chi connectivity index (χ4n) is 3.86. The van der Waals surface area contributed by atoms with Crippen LogP contribution in [0.3, 0.4) is 0 Å². The third-order valence-electron chi connectivity index (χ3n) is 5.19. The molecule has 30 heavy (non-hydrogen) atoms. The number of pyridine rings is 1. The number of hydrogen-bond acceptors (Lipinski definition) is 6. The number of rotatable bonds is 5. The maximum absolute atomic E-state index is 15.2. The minimum atomic E-state index is -3.24. The van der Waals surface area contributed by atoms with Crippen LogP contribution in [0.25, 0.3) is 10.9 Å². The highest BCUT2D eigenvalue weighted by Crippen LogP contribution is 2.45. The summed E-state index contributed by atoms with van der Waals surface area (Å²) in [5, 5.41) is 11.8. The lowest BCUT2D eigenvalue weighted by Crippen LogP contribution is -2.49. The van der Waals surface area contributed by atoms with E-state index in [9.17, 15) is 18.4 Å². The van der Waals surface area contributed by atoms with Gasteiger partial charge in [-0.15, -0.1) is 0 Å². The molecule has 1 atom stereocenters. The van der Waals surface area contributed by atoms with Crippen molar-refractivity contribution in [3.05, 3.63) is 28.3 Å². The Morgan fingerprint density at radius 2 is 2.10 bits per heavy atom. The molecule has 1 saturated carbocycles. The number of carboxylic acid groups (broad SMARTS) is 1. The van der Waals surface area contributed by atoms with Gasteiger partial charge in [0.05, 0.1) is 17.1 Å². The maximum Gasteiger partial charge on any atom is 0.511 e. The van der Waals surface area contributed by atoms with Gasteiger partial charge in [-0.3, -0.25) is 4.79 Å². The van der Waals surface area contributed by atoms with Gasteiger partial charge in [0.25, 0.3) is 0 Å². The average Bonchev–Trinajstić information content (AvgIpc) is 3.48. The number of benzene rings is 1. The molecule has 4 rings (SSSR count). The predicted octanol–water partition coefficient (Wildman–Crippen LogP) is 2.93. The van der Waals surface area contributed by atoms with Gasteiger partial charge in [0.1, 0.15) is 5.69 Å². The van der Waals surface area contributed by atoms with Crippen molar-refractivity contribution in [2.75, 3.05) is 24.5 Å². The molecular weight excluding hydrogens is 407 g/mol. The summed E-state index contributed by atoms with van der Waals surface area (Å²) in [4.78, 5) is 25.3. The fourth-order valence-corrected chi connectivity index (χ4v) is 3.86. The number of carbonyl (C=O) groups is 1. The number of hydrogen-bond donors (Lipinski definition) is 2. The number of piperazine rings is 1. The number of ether oxygens (including phenoxy) is 2. The van der Waals surface area contributed by atoms with Crippen molar-refractivity contribution in [2.45, 2.75) is 38.5 Å². The molecule has 1 aliphatic carbocycles. The number of aromatic nitrogens is 1. The normalized spacial score (nSPS) is 19.4. The van der Waals surface area contributed by atoms with E-state index in [1.807, 2.05) is 6.92 Å². The van der Waals surface area contributed by atoms with Gasteiger partial charge in [0.2, 0.25) is 5.43 Å². The molecule has 1 aromatic carbocycles. The van der Waals surface area contributed by atoms with Gasteiger partial charge in [-0.2, -0.15) is 8.78 Å². The van der Waals surface area contributed by atoms with Crippen LogP contribution in [0.15, 0.2) is 17.1 Å². The minimum Gasteiger partial charge on any atom is -0.449 e. The third kappa shape index (κ3) is 3.76. The van der Waals surface area contributed by atoms with Crippen LogP contribution in [-0.4, -0.2) is 48.1 Å². The first-order valence-electron chi connectivity index (χ1n) is 9.51. The highest BCUT2D eigenvalue weighted by molar-refractivity contribution is 5.92. The molecule has 0 amide bonds. The van der Waals surface area contributed by atoms with Crippen LogP contribution in [-0.2, 0) is 0 Å². The molecule has 1 aliphatic heterocycles. The molecule has 2 fully saturated rings. The summed E-state index contributed by atoms with van der Waals surface area (Å²) >= 11 is 0. The fraction of sp³-hybridized carbons (Fsp3) is 0.474. The van der Waals surface area contributed by atoms with Crippen molar-refractivity contribution in [3.8, 4) is 11.5 Å². The zero-order valence-electron chi connectivity index (χ0n) is 16.0. The van der Waals surface area contributed by atoms with Crippen molar-refractivity contribution in [1.82, 2.24) is 9.88 Å². The first kappa shape index (κ1) is 20.3. The van der Waals surface area contributed by atoms with E-state index in [1.165, 1.54) is 4.57 Å². The Kier molecular flexibility index (Phi) is 5.22.